The van der Waals surface area contributed by atoms with Crippen LogP contribution < -0.4 is 108 Å². The normalized spacial score (nSPS) is 40.3. The van der Waals surface area contributed by atoms with Crippen molar-refractivity contribution in [2.45, 2.75) is 275 Å². The molecule has 610 valence electrons. The molecule has 0 aromatic carbocycles. The molecule has 0 saturated heterocycles. The van der Waals surface area contributed by atoms with Crippen molar-refractivity contribution in [3.8, 4) is 0 Å². The third-order valence-electron chi connectivity index (χ3n) is 31.3. The van der Waals surface area contributed by atoms with Crippen LogP contribution in [0.4, 0.5) is 0 Å². The molecule has 15 rings (SSSR count). The average molecular weight is 1700 g/mol. The zero-order valence-corrected chi connectivity index (χ0v) is 76.7. The number of halogens is 1. The van der Waals surface area contributed by atoms with Crippen molar-refractivity contribution in [2.75, 3.05) is 65.2 Å². The number of aliphatic hydroxyl groups excluding tert-OH is 1. The minimum absolute atomic E-state index is 0. The largest absolute Gasteiger partial charge is 1.00 e. The van der Waals surface area contributed by atoms with E-state index in [2.05, 4.69) is 62.0 Å². The van der Waals surface area contributed by atoms with Crippen LogP contribution in [0.25, 0.3) is 0 Å². The Morgan fingerprint density at radius 3 is 1.34 bits per heavy atom. The Morgan fingerprint density at radius 1 is 0.578 bits per heavy atom. The van der Waals surface area contributed by atoms with E-state index in [9.17, 15) is 33.9 Å². The summed E-state index contributed by atoms with van der Waals surface area (Å²) in [6.07, 6.45) is 46.4. The Kier molecular flexibility index (Phi) is 37.5. The molecular weight excluding hydrogens is 1560 g/mol. The van der Waals surface area contributed by atoms with Crippen LogP contribution in [0.5, 0.6) is 0 Å². The monoisotopic (exact) mass is 1690 g/mol. The minimum atomic E-state index is -1.08. The first-order valence-corrected chi connectivity index (χ1v) is 44.7. The SMILES string of the molecule is C.C.C.COC[C@]12CC[C@@H](O)C[C@@H]1CC[C@H]1[C@@H]3CC[C@H](C(=O)CBr)[C@@]3(C)CC[C@@H]12.COC[C@]12CC[C@@](C)(O)C[C@@H]1CC[C@H]1[C@@H]3CC[C@H](C(=O)Cn4cc(S(C)=O)cn4)[C@@]3(C)CC[C@@H]12.COC[C@]12CC[C@@](C)(O)C[C@@H]1CC[C@H]1[C@@H]3CC[C@H](C(=O)Cn4cc(SC)cn4)[C@@]3(C)CC[C@@H]12.CSc1cn[nH]c1.O=CO[O-].[H-].[K+].[K+]. The van der Waals surface area contributed by atoms with E-state index in [1.807, 2.05) is 71.0 Å². The van der Waals surface area contributed by atoms with Gasteiger partial charge in [0.25, 0.3) is 6.47 Å². The van der Waals surface area contributed by atoms with Crippen LogP contribution in [-0.2, 0) is 62.2 Å². The molecule has 19 nitrogen and oxygen atoms in total. The van der Waals surface area contributed by atoms with Crippen LogP contribution in [0.2, 0.25) is 0 Å². The number of carbonyl (C=O) groups excluding carboxylic acids is 4. The number of ketones is 3. The van der Waals surface area contributed by atoms with Gasteiger partial charge < -0.3 is 41.1 Å². The Morgan fingerprint density at radius 2 is 0.982 bits per heavy atom. The second-order valence-corrected chi connectivity index (χ2v) is 39.8. The van der Waals surface area contributed by atoms with E-state index in [4.69, 9.17) is 24.3 Å². The van der Waals surface area contributed by atoms with Gasteiger partial charge in [-0.2, -0.15) is 15.3 Å². The van der Waals surface area contributed by atoms with E-state index in [-0.39, 0.29) is 202 Å². The number of carbonyl (C=O) groups is 4. The number of H-pyrrole nitrogens is 1. The second kappa shape index (κ2) is 41.6. The number of ether oxygens (including phenoxy) is 3. The molecule has 0 radical (unpaired) electrons. The number of hydrogen-bond donors (Lipinski definition) is 4. The van der Waals surface area contributed by atoms with Crippen molar-refractivity contribution >= 4 is 74.1 Å². The summed E-state index contributed by atoms with van der Waals surface area (Å²) in [6, 6.07) is 0. The van der Waals surface area contributed by atoms with Gasteiger partial charge >= 0.3 is 103 Å². The summed E-state index contributed by atoms with van der Waals surface area (Å²) in [6.45, 7) is 14.3. The number of fused-ring (bicyclic) bond motifs is 15. The minimum Gasteiger partial charge on any atom is -1.00 e. The number of alkyl halides is 1. The first-order chi connectivity index (χ1) is 49.6. The van der Waals surface area contributed by atoms with Crippen LogP contribution in [0.1, 0.15) is 232 Å². The standard InChI is InChI=1S/C27H42N2O4S.C27H42N2O3S.C22H35BrO3.C4H6N2S.CH2O3.3CH4.2K.H/c1-25(31)11-12-27(17-33-3)18(13-25)5-6-20-21-7-8-23(26(21,2)10-9-22(20)27)24(30)16-29-15-19(14-28-29)34(4)32;1-25(31)11-12-27(17-32-3)18(13-25)5-6-20-21-7-8-23(26(21,2)10-9-22(20)27)24(30)16-29-15-19(33-4)14-28-29;1-21-9-8-18-16(17(21)5-6-19(21)20(25)12-23)4-3-14-11-15(24)7-10-22(14,18)13-26-2;1-7-4-2-5-6-3-4;2-1-4-3;;;;;;/h14-15,18,20-23,31H,5-13,16-17H2,1-4H3;14-15,18,20-23,31H,5-13,16-17H2,1-4H3;14-19,24H,3-13H2,1-2H3;2-3H,1H3,(H,5,6);1,3H;3*1H4;;;/q;;;;;;;;2*+1;-1/p-1/t18-,20-,21-,22-,23+,25+,26-,27+,34?;18-,20-,21-,22-,23+,25+,26-,27+;14-,15+,16-,17-,18-,19+,21-,22+;;;;;;;;/m000......../s1. The molecule has 3 aromatic rings. The third kappa shape index (κ3) is 20.2. The van der Waals surface area contributed by atoms with E-state index in [0.717, 1.165) is 133 Å². The number of hydrogen-bond acceptors (Lipinski definition) is 18. The maximum atomic E-state index is 13.5. The maximum Gasteiger partial charge on any atom is 1.00 e. The van der Waals surface area contributed by atoms with Gasteiger partial charge in [-0.3, -0.25) is 37.8 Å². The number of methoxy groups -OCH3 is 3. The van der Waals surface area contributed by atoms with Gasteiger partial charge in [-0.15, -0.1) is 23.5 Å². The van der Waals surface area contributed by atoms with Crippen LogP contribution in [-0.4, -0.2) is 156 Å². The number of aliphatic hydroxyl groups is 3. The van der Waals surface area contributed by atoms with E-state index < -0.39 is 22.0 Å². The number of nitrogens with one attached hydrogen (secondary N) is 1. The number of rotatable bonds is 18. The third-order valence-corrected chi connectivity index (χ3v) is 34.2. The zero-order chi connectivity index (χ0) is 74.8. The van der Waals surface area contributed by atoms with Crippen molar-refractivity contribution < 1.29 is 167 Å². The Bertz CT molecular complexity index is 3420. The molecule has 0 bridgehead atoms. The molecule has 0 amide bonds. The van der Waals surface area contributed by atoms with Gasteiger partial charge in [-0.25, -0.2) is 0 Å². The van der Waals surface area contributed by atoms with Crippen molar-refractivity contribution in [3.05, 3.63) is 37.2 Å². The smallest absolute Gasteiger partial charge is 1.00 e. The van der Waals surface area contributed by atoms with Crippen LogP contribution in [0, 0.1) is 121 Å². The summed E-state index contributed by atoms with van der Waals surface area (Å²) in [4.78, 5) is 53.8. The molecule has 3 aromatic heterocycles. The second-order valence-electron chi connectivity index (χ2n) is 36.1. The zero-order valence-electron chi connectivity index (χ0n) is 67.4. The first-order valence-electron chi connectivity index (χ1n) is 39.5. The van der Waals surface area contributed by atoms with Crippen molar-refractivity contribution in [2.24, 2.45) is 121 Å². The summed E-state index contributed by atoms with van der Waals surface area (Å²) in [5.41, 5.74) is -0.00267. The van der Waals surface area contributed by atoms with Gasteiger partial charge in [0.05, 0.1) is 89.8 Å². The fourth-order valence-electron chi connectivity index (χ4n) is 26.8. The fourth-order valence-corrected chi connectivity index (χ4v) is 28.4. The van der Waals surface area contributed by atoms with Gasteiger partial charge in [-0.05, 0) is 303 Å². The number of thioether (sulfide) groups is 2. The van der Waals surface area contributed by atoms with E-state index in [1.54, 1.807) is 53.1 Å². The van der Waals surface area contributed by atoms with Gasteiger partial charge in [0.1, 0.15) is 5.78 Å². The van der Waals surface area contributed by atoms with E-state index >= 15 is 0 Å². The molecule has 109 heavy (non-hydrogen) atoms. The summed E-state index contributed by atoms with van der Waals surface area (Å²) in [5.74, 6) is 9.41. The molecule has 12 saturated carbocycles. The van der Waals surface area contributed by atoms with E-state index in [1.165, 1.54) is 81.9 Å². The molecule has 12 aliphatic carbocycles. The van der Waals surface area contributed by atoms with Crippen LogP contribution in [0.15, 0.2) is 51.9 Å². The van der Waals surface area contributed by atoms with Crippen LogP contribution in [0.3, 0.4) is 0 Å². The Hall–Kier alpha value is 0.433. The molecule has 0 aliphatic heterocycles. The fraction of sp³-hybridized carbons (Fsp3) is 0.845. The predicted octanol–water partition coefficient (Wildman–Crippen LogP) is 9.63. The van der Waals surface area contributed by atoms with Crippen molar-refractivity contribution in [1.82, 2.24) is 29.8 Å². The molecule has 3 heterocycles. The molecule has 25 atom stereocenters. The van der Waals surface area contributed by atoms with Gasteiger partial charge in [0.2, 0.25) is 0 Å². The number of nitrogens with zero attached hydrogens (tertiary/aromatic N) is 5. The summed E-state index contributed by atoms with van der Waals surface area (Å²) in [5, 5.41) is 56.0. The molecule has 4 N–H and O–H groups in total. The first kappa shape index (κ1) is 98.3. The summed E-state index contributed by atoms with van der Waals surface area (Å²) >= 11 is 6.78. The van der Waals surface area contributed by atoms with Gasteiger partial charge in [-0.1, -0.05) is 59.0 Å². The molecule has 12 fully saturated rings. The summed E-state index contributed by atoms with van der Waals surface area (Å²) in [7, 11) is 4.48. The summed E-state index contributed by atoms with van der Waals surface area (Å²) < 4.78 is 32.8. The van der Waals surface area contributed by atoms with Gasteiger partial charge in [0, 0.05) is 73.7 Å². The topological polar surface area (TPSA) is 270 Å². The molecule has 1 unspecified atom stereocenters. The average Bonchev–Trinajstić information content (AvgIpc) is 1.39. The molecule has 0 spiro atoms. The molecular formula is C84H139BrK2N6O13S3. The van der Waals surface area contributed by atoms with Gasteiger partial charge in [0.15, 0.2) is 11.6 Å². The van der Waals surface area contributed by atoms with E-state index in [0.29, 0.717) is 87.5 Å². The number of Topliss-reactive ketones (excluding diaryl/α,β-unsaturated/α-hetero) is 3. The number of aromatic amines is 1. The predicted molar refractivity (Wildman–Crippen MR) is 428 cm³/mol. The molecule has 12 aliphatic rings. The van der Waals surface area contributed by atoms with Crippen molar-refractivity contribution in [1.29, 1.82) is 0 Å². The Labute approximate surface area is 761 Å². The Balaban J connectivity index is 0.000000270. The molecule has 25 heteroatoms. The van der Waals surface area contributed by atoms with Crippen LogP contribution >= 0.6 is 39.5 Å². The van der Waals surface area contributed by atoms with Crippen molar-refractivity contribution in [3.63, 3.8) is 0 Å². The maximum absolute atomic E-state index is 13.5. The number of aromatic nitrogens is 6. The quantitative estimate of drug-likeness (QED) is 0.0230.